The first-order valence-electron chi connectivity index (χ1n) is 9.99. The van der Waals surface area contributed by atoms with Crippen LogP contribution in [0.3, 0.4) is 0 Å². The molecule has 3 rings (SSSR count). The molecule has 29 heavy (non-hydrogen) atoms. The molecule has 1 aromatic rings. The molecule has 5 heteroatoms. The standard InChI is InChI=1S/C24H26N2O3/c1-14-8-15(2)22(16(3)9-14)23-20(27)10-19(24(23)29)11-21(28)26-13-18-6-4-17(12-25)5-7-18/h4,6,8-9,19,23H,5,7,10-11,13H2,1-3H3,(H,26,28). The molecule has 0 heterocycles. The zero-order chi connectivity index (χ0) is 21.1. The maximum absolute atomic E-state index is 13.0. The first-order chi connectivity index (χ1) is 13.8. The van der Waals surface area contributed by atoms with Gasteiger partial charge >= 0.3 is 0 Å². The van der Waals surface area contributed by atoms with Crippen molar-refractivity contribution in [3.8, 4) is 6.07 Å². The van der Waals surface area contributed by atoms with E-state index in [1.807, 2.05) is 39.0 Å². The number of amides is 1. The van der Waals surface area contributed by atoms with Crippen LogP contribution in [0.4, 0.5) is 0 Å². The van der Waals surface area contributed by atoms with Crippen LogP contribution >= 0.6 is 0 Å². The van der Waals surface area contributed by atoms with Gasteiger partial charge in [-0.25, -0.2) is 0 Å². The molecule has 0 aromatic heterocycles. The van der Waals surface area contributed by atoms with Crippen molar-refractivity contribution in [3.05, 3.63) is 57.7 Å². The Hall–Kier alpha value is -3.00. The van der Waals surface area contributed by atoms with Gasteiger partial charge in [-0.05, 0) is 56.4 Å². The number of benzene rings is 1. The highest BCUT2D eigenvalue weighted by atomic mass is 16.2. The number of nitrogens with zero attached hydrogens (tertiary/aromatic N) is 1. The Kier molecular flexibility index (Phi) is 6.12. The summed E-state index contributed by atoms with van der Waals surface area (Å²) >= 11 is 0. The molecule has 1 saturated carbocycles. The number of nitrogens with one attached hydrogen (secondary N) is 1. The molecule has 5 nitrogen and oxygen atoms in total. The van der Waals surface area contributed by atoms with Crippen molar-refractivity contribution < 1.29 is 14.4 Å². The summed E-state index contributed by atoms with van der Waals surface area (Å²) in [4.78, 5) is 38.0. The number of allylic oxidation sites excluding steroid dienone is 3. The third kappa shape index (κ3) is 4.54. The van der Waals surface area contributed by atoms with Crippen LogP contribution < -0.4 is 5.32 Å². The predicted octanol–water partition coefficient (Wildman–Crippen LogP) is 3.53. The summed E-state index contributed by atoms with van der Waals surface area (Å²) in [6, 6.07) is 6.12. The highest BCUT2D eigenvalue weighted by molar-refractivity contribution is 6.15. The zero-order valence-corrected chi connectivity index (χ0v) is 17.2. The van der Waals surface area contributed by atoms with Gasteiger partial charge in [0.25, 0.3) is 0 Å². The third-order valence-corrected chi connectivity index (χ3v) is 5.81. The number of nitriles is 1. The van der Waals surface area contributed by atoms with Crippen LogP contribution in [0.25, 0.3) is 0 Å². The van der Waals surface area contributed by atoms with E-state index in [1.165, 1.54) is 0 Å². The van der Waals surface area contributed by atoms with Gasteiger partial charge in [0.15, 0.2) is 5.78 Å². The van der Waals surface area contributed by atoms with E-state index in [0.717, 1.165) is 39.8 Å². The Labute approximate surface area is 171 Å². The van der Waals surface area contributed by atoms with E-state index in [-0.39, 0.29) is 30.3 Å². The Morgan fingerprint density at radius 2 is 1.83 bits per heavy atom. The van der Waals surface area contributed by atoms with E-state index in [9.17, 15) is 14.4 Å². The van der Waals surface area contributed by atoms with Crippen molar-refractivity contribution >= 4 is 17.5 Å². The highest BCUT2D eigenvalue weighted by Gasteiger charge is 2.43. The second-order valence-electron chi connectivity index (χ2n) is 8.12. The van der Waals surface area contributed by atoms with Gasteiger partial charge in [-0.3, -0.25) is 14.4 Å². The number of ketones is 2. The molecule has 2 unspecified atom stereocenters. The van der Waals surface area contributed by atoms with Crippen LogP contribution in [0.1, 0.15) is 53.9 Å². The number of Topliss-reactive ketones (excluding diaryl/α,β-unsaturated/α-hetero) is 2. The van der Waals surface area contributed by atoms with Gasteiger partial charge in [-0.15, -0.1) is 0 Å². The Morgan fingerprint density at radius 1 is 1.14 bits per heavy atom. The van der Waals surface area contributed by atoms with Crippen LogP contribution in [-0.4, -0.2) is 24.0 Å². The average molecular weight is 390 g/mol. The lowest BCUT2D eigenvalue weighted by molar-refractivity contribution is -0.128. The lowest BCUT2D eigenvalue weighted by Gasteiger charge is -2.16. The molecule has 1 N–H and O–H groups in total. The summed E-state index contributed by atoms with van der Waals surface area (Å²) in [5.74, 6) is -1.75. The first kappa shape index (κ1) is 20.7. The monoisotopic (exact) mass is 390 g/mol. The van der Waals surface area contributed by atoms with Gasteiger partial charge in [0.05, 0.1) is 6.07 Å². The predicted molar refractivity (Wildman–Crippen MR) is 110 cm³/mol. The zero-order valence-electron chi connectivity index (χ0n) is 17.2. The summed E-state index contributed by atoms with van der Waals surface area (Å²) in [7, 11) is 0. The molecule has 1 amide bonds. The van der Waals surface area contributed by atoms with Crippen LogP contribution in [-0.2, 0) is 14.4 Å². The van der Waals surface area contributed by atoms with Gasteiger partial charge in [0.2, 0.25) is 5.91 Å². The van der Waals surface area contributed by atoms with Crippen LogP contribution in [0.2, 0.25) is 0 Å². The number of carbonyl (C=O) groups excluding carboxylic acids is 3. The van der Waals surface area contributed by atoms with Crippen molar-refractivity contribution in [2.45, 2.75) is 52.4 Å². The Bertz CT molecular complexity index is 955. The smallest absolute Gasteiger partial charge is 0.220 e. The number of hydrogen-bond donors (Lipinski definition) is 1. The molecule has 1 fully saturated rings. The minimum Gasteiger partial charge on any atom is -0.352 e. The second kappa shape index (κ2) is 8.57. The Balaban J connectivity index is 1.63. The molecule has 2 atom stereocenters. The van der Waals surface area contributed by atoms with E-state index in [0.29, 0.717) is 13.0 Å². The summed E-state index contributed by atoms with van der Waals surface area (Å²) in [6.07, 6.45) is 5.24. The van der Waals surface area contributed by atoms with E-state index in [4.69, 9.17) is 5.26 Å². The molecular formula is C24H26N2O3. The first-order valence-corrected chi connectivity index (χ1v) is 9.99. The van der Waals surface area contributed by atoms with E-state index in [2.05, 4.69) is 11.4 Å². The summed E-state index contributed by atoms with van der Waals surface area (Å²) in [6.45, 7) is 6.26. The summed E-state index contributed by atoms with van der Waals surface area (Å²) in [5, 5.41) is 11.7. The molecule has 0 saturated heterocycles. The lowest BCUT2D eigenvalue weighted by Crippen LogP contribution is -2.29. The minimum atomic E-state index is -0.746. The van der Waals surface area contributed by atoms with Crippen molar-refractivity contribution in [1.82, 2.24) is 5.32 Å². The molecule has 150 valence electrons. The molecule has 0 spiro atoms. The molecule has 2 aliphatic carbocycles. The van der Waals surface area contributed by atoms with Gasteiger partial charge in [-0.2, -0.15) is 5.26 Å². The van der Waals surface area contributed by atoms with E-state index < -0.39 is 11.8 Å². The summed E-state index contributed by atoms with van der Waals surface area (Å²) < 4.78 is 0. The lowest BCUT2D eigenvalue weighted by atomic mass is 9.86. The molecule has 1 aromatic carbocycles. The van der Waals surface area contributed by atoms with Crippen molar-refractivity contribution in [1.29, 1.82) is 5.26 Å². The van der Waals surface area contributed by atoms with Crippen molar-refractivity contribution in [2.24, 2.45) is 5.92 Å². The highest BCUT2D eigenvalue weighted by Crippen LogP contribution is 2.37. The molecule has 0 radical (unpaired) electrons. The third-order valence-electron chi connectivity index (χ3n) is 5.81. The van der Waals surface area contributed by atoms with E-state index >= 15 is 0 Å². The molecular weight excluding hydrogens is 364 g/mol. The topological polar surface area (TPSA) is 87.0 Å². The maximum atomic E-state index is 13.0. The normalized spacial score (nSPS) is 21.4. The van der Waals surface area contributed by atoms with E-state index in [1.54, 1.807) is 6.08 Å². The fourth-order valence-corrected chi connectivity index (χ4v) is 4.41. The van der Waals surface area contributed by atoms with Gasteiger partial charge in [0.1, 0.15) is 11.7 Å². The average Bonchev–Trinajstić information content (AvgIpc) is 2.94. The molecule has 2 aliphatic rings. The summed E-state index contributed by atoms with van der Waals surface area (Å²) in [5.41, 5.74) is 5.60. The fraction of sp³-hybridized carbons (Fsp3) is 0.417. The largest absolute Gasteiger partial charge is 0.352 e. The van der Waals surface area contributed by atoms with Gasteiger partial charge in [-0.1, -0.05) is 29.3 Å². The van der Waals surface area contributed by atoms with Crippen LogP contribution in [0, 0.1) is 38.0 Å². The van der Waals surface area contributed by atoms with Gasteiger partial charge < -0.3 is 5.32 Å². The van der Waals surface area contributed by atoms with Crippen molar-refractivity contribution in [2.75, 3.05) is 6.54 Å². The second-order valence-corrected chi connectivity index (χ2v) is 8.12. The Morgan fingerprint density at radius 3 is 2.41 bits per heavy atom. The van der Waals surface area contributed by atoms with Crippen LogP contribution in [0.5, 0.6) is 0 Å². The quantitative estimate of drug-likeness (QED) is 0.779. The maximum Gasteiger partial charge on any atom is 0.220 e. The SMILES string of the molecule is Cc1cc(C)c(C2C(=O)CC(CC(=O)NCC3=CC=C(C#N)CC3)C2=O)c(C)c1. The minimum absolute atomic E-state index is 0.0393. The van der Waals surface area contributed by atoms with Crippen molar-refractivity contribution in [3.63, 3.8) is 0 Å². The molecule has 0 bridgehead atoms. The van der Waals surface area contributed by atoms with Gasteiger partial charge in [0, 0.05) is 30.9 Å². The number of carbonyl (C=O) groups is 3. The fourth-order valence-electron chi connectivity index (χ4n) is 4.41. The number of aryl methyl sites for hydroxylation is 3. The number of rotatable bonds is 5. The number of hydrogen-bond acceptors (Lipinski definition) is 4. The molecule has 0 aliphatic heterocycles. The van der Waals surface area contributed by atoms with Crippen LogP contribution in [0.15, 0.2) is 35.4 Å².